The molecule has 0 unspecified atom stereocenters. The highest BCUT2D eigenvalue weighted by atomic mass is 32.1. The molecule has 0 aromatic carbocycles. The van der Waals surface area contributed by atoms with Crippen molar-refractivity contribution in [2.24, 2.45) is 0 Å². The quantitative estimate of drug-likeness (QED) is 0.460. The molecule has 1 nitrogen and oxygen atoms in total. The average Bonchev–Trinajstić information content (AvgIpc) is 1.41. The van der Waals surface area contributed by atoms with Gasteiger partial charge in [-0.15, -0.1) is 0 Å². The summed E-state index contributed by atoms with van der Waals surface area (Å²) in [7, 11) is 1.61. The van der Waals surface area contributed by atoms with E-state index in [2.05, 4.69) is 17.0 Å². The molecular formula is C3H6OS. The van der Waals surface area contributed by atoms with E-state index in [1.807, 2.05) is 0 Å². The van der Waals surface area contributed by atoms with Crippen molar-refractivity contribution in [2.45, 2.75) is 0 Å². The van der Waals surface area contributed by atoms with Crippen LogP contribution in [-0.4, -0.2) is 19.1 Å². The van der Waals surface area contributed by atoms with E-state index in [1.165, 1.54) is 0 Å². The molecule has 0 N–H and O–H groups in total. The molecule has 30 valence electrons. The molecule has 5 heavy (non-hydrogen) atoms. The lowest BCUT2D eigenvalue weighted by atomic mass is 10.9. The van der Waals surface area contributed by atoms with Crippen LogP contribution in [-0.2, 0) is 4.74 Å². The summed E-state index contributed by atoms with van der Waals surface area (Å²) in [5, 5.41) is 1.54. The van der Waals surface area contributed by atoms with Crippen LogP contribution in [0.25, 0.3) is 0 Å². The van der Waals surface area contributed by atoms with Gasteiger partial charge in [0.15, 0.2) is 0 Å². The molecule has 0 aromatic rings. The van der Waals surface area contributed by atoms with E-state index in [9.17, 15) is 0 Å². The Bertz CT molecular complexity index is 28.1. The van der Waals surface area contributed by atoms with Crippen LogP contribution in [0.15, 0.2) is 0 Å². The van der Waals surface area contributed by atoms with Crippen molar-refractivity contribution in [1.82, 2.24) is 0 Å². The molecular weight excluding hydrogens is 84.1 g/mol. The zero-order chi connectivity index (χ0) is 4.12. The van der Waals surface area contributed by atoms with Gasteiger partial charge in [0.2, 0.25) is 0 Å². The van der Waals surface area contributed by atoms with Gasteiger partial charge in [0.25, 0.3) is 0 Å². The summed E-state index contributed by atoms with van der Waals surface area (Å²) < 4.78 is 4.53. The van der Waals surface area contributed by atoms with Crippen LogP contribution in [0.1, 0.15) is 0 Å². The van der Waals surface area contributed by atoms with Crippen LogP contribution < -0.4 is 0 Å². The van der Waals surface area contributed by atoms with Gasteiger partial charge in [-0.2, -0.15) is 0 Å². The van der Waals surface area contributed by atoms with Gasteiger partial charge in [0.05, 0.1) is 6.61 Å². The third-order valence-electron chi connectivity index (χ3n) is 0.235. The number of rotatable bonds is 2. The summed E-state index contributed by atoms with van der Waals surface area (Å²) in [5.74, 6) is 0. The maximum Gasteiger partial charge on any atom is 0.0745 e. The SMILES string of the molecule is COCC=S. The average molecular weight is 90.1 g/mol. The summed E-state index contributed by atoms with van der Waals surface area (Å²) in [6, 6.07) is 0. The first-order valence-electron chi connectivity index (χ1n) is 1.34. The van der Waals surface area contributed by atoms with Gasteiger partial charge in [0, 0.05) is 12.5 Å². The summed E-state index contributed by atoms with van der Waals surface area (Å²) in [6.45, 7) is 0.579. The summed E-state index contributed by atoms with van der Waals surface area (Å²) in [4.78, 5) is 0. The summed E-state index contributed by atoms with van der Waals surface area (Å²) in [6.07, 6.45) is 0. The molecule has 0 aliphatic carbocycles. The largest absolute Gasteiger partial charge is 0.380 e. The maximum absolute atomic E-state index is 4.53. The predicted octanol–water partition coefficient (Wildman–Crippen LogP) is 0.633. The number of hydrogen-bond acceptors (Lipinski definition) is 2. The van der Waals surface area contributed by atoms with Crippen molar-refractivity contribution in [3.8, 4) is 0 Å². The number of ether oxygens (including phenoxy) is 1. The number of methoxy groups -OCH3 is 1. The van der Waals surface area contributed by atoms with E-state index in [0.717, 1.165) is 0 Å². The van der Waals surface area contributed by atoms with Crippen LogP contribution in [0.4, 0.5) is 0 Å². The molecule has 0 amide bonds. The van der Waals surface area contributed by atoms with Crippen molar-refractivity contribution in [3.63, 3.8) is 0 Å². The van der Waals surface area contributed by atoms with Crippen LogP contribution in [0.5, 0.6) is 0 Å². The second-order valence-electron chi connectivity index (χ2n) is 0.622. The Hall–Kier alpha value is 0.0500. The van der Waals surface area contributed by atoms with E-state index in [0.29, 0.717) is 6.61 Å². The van der Waals surface area contributed by atoms with Crippen LogP contribution in [0.3, 0.4) is 0 Å². The molecule has 0 saturated heterocycles. The molecule has 0 aliphatic rings. The third kappa shape index (κ3) is 4.05. The summed E-state index contributed by atoms with van der Waals surface area (Å²) >= 11 is 4.40. The highest BCUT2D eigenvalue weighted by Crippen LogP contribution is 1.55. The second-order valence-corrected chi connectivity index (χ2v) is 0.955. The molecule has 0 rings (SSSR count). The topological polar surface area (TPSA) is 9.23 Å². The Morgan fingerprint density at radius 2 is 2.60 bits per heavy atom. The Balaban J connectivity index is 2.40. The van der Waals surface area contributed by atoms with Crippen LogP contribution in [0.2, 0.25) is 0 Å². The standard InChI is InChI=1S/C3H6OS/c1-4-2-3-5/h3H,2H2,1H3. The van der Waals surface area contributed by atoms with E-state index in [-0.39, 0.29) is 0 Å². The van der Waals surface area contributed by atoms with E-state index >= 15 is 0 Å². The van der Waals surface area contributed by atoms with E-state index < -0.39 is 0 Å². The Morgan fingerprint density at radius 1 is 2.00 bits per heavy atom. The molecule has 0 bridgehead atoms. The normalized spacial score (nSPS) is 7.40. The van der Waals surface area contributed by atoms with Gasteiger partial charge in [-0.1, -0.05) is 12.2 Å². The van der Waals surface area contributed by atoms with Gasteiger partial charge in [-0.3, -0.25) is 0 Å². The fourth-order valence-electron chi connectivity index (χ4n) is 0.0680. The molecule has 0 fully saturated rings. The predicted molar refractivity (Wildman–Crippen MR) is 25.5 cm³/mol. The van der Waals surface area contributed by atoms with Crippen molar-refractivity contribution in [2.75, 3.05) is 13.7 Å². The van der Waals surface area contributed by atoms with E-state index in [1.54, 1.807) is 12.5 Å². The molecule has 2 heteroatoms. The minimum absolute atomic E-state index is 0.579. The Morgan fingerprint density at radius 3 is 2.60 bits per heavy atom. The number of thiocarbonyl (C=S) groups is 1. The molecule has 0 saturated carbocycles. The van der Waals surface area contributed by atoms with Crippen LogP contribution >= 0.6 is 12.2 Å². The molecule has 0 radical (unpaired) electrons. The zero-order valence-corrected chi connectivity index (χ0v) is 3.92. The lowest BCUT2D eigenvalue weighted by molar-refractivity contribution is 0.249. The first kappa shape index (κ1) is 5.05. The number of hydrogen-bond donors (Lipinski definition) is 0. The maximum atomic E-state index is 4.53. The minimum Gasteiger partial charge on any atom is -0.380 e. The van der Waals surface area contributed by atoms with Gasteiger partial charge in [-0.05, 0) is 0 Å². The third-order valence-corrected chi connectivity index (χ3v) is 0.371. The Kier molecular flexibility index (Phi) is 4.09. The molecule has 0 atom stereocenters. The highest BCUT2D eigenvalue weighted by Gasteiger charge is 1.60. The Labute approximate surface area is 36.9 Å². The lowest BCUT2D eigenvalue weighted by Crippen LogP contribution is -1.82. The monoisotopic (exact) mass is 90.0 g/mol. The van der Waals surface area contributed by atoms with Crippen molar-refractivity contribution < 1.29 is 4.74 Å². The smallest absolute Gasteiger partial charge is 0.0745 e. The van der Waals surface area contributed by atoms with E-state index in [4.69, 9.17) is 0 Å². The van der Waals surface area contributed by atoms with Crippen molar-refractivity contribution in [3.05, 3.63) is 0 Å². The fraction of sp³-hybridized carbons (Fsp3) is 0.667. The molecule has 0 spiro atoms. The fourth-order valence-corrected chi connectivity index (χ4v) is 0.204. The first-order chi connectivity index (χ1) is 2.41. The highest BCUT2D eigenvalue weighted by molar-refractivity contribution is 7.79. The van der Waals surface area contributed by atoms with Crippen molar-refractivity contribution >= 4 is 17.6 Å². The molecule has 0 heterocycles. The minimum atomic E-state index is 0.579. The van der Waals surface area contributed by atoms with Gasteiger partial charge < -0.3 is 4.74 Å². The molecule has 0 aliphatic heterocycles. The van der Waals surface area contributed by atoms with Crippen LogP contribution in [0, 0.1) is 0 Å². The van der Waals surface area contributed by atoms with Gasteiger partial charge in [-0.25, -0.2) is 0 Å². The molecule has 0 aromatic heterocycles. The lowest BCUT2D eigenvalue weighted by Gasteiger charge is -1.78. The van der Waals surface area contributed by atoms with Crippen molar-refractivity contribution in [1.29, 1.82) is 0 Å². The second kappa shape index (κ2) is 4.05. The zero-order valence-electron chi connectivity index (χ0n) is 3.10. The van der Waals surface area contributed by atoms with Gasteiger partial charge >= 0.3 is 0 Å². The first-order valence-corrected chi connectivity index (χ1v) is 1.81. The van der Waals surface area contributed by atoms with Gasteiger partial charge in [0.1, 0.15) is 0 Å². The summed E-state index contributed by atoms with van der Waals surface area (Å²) in [5.41, 5.74) is 0.